The molecule has 28 heavy (non-hydrogen) atoms. The van der Waals surface area contributed by atoms with E-state index in [1.165, 1.54) is 0 Å². The van der Waals surface area contributed by atoms with E-state index in [4.69, 9.17) is 0 Å². The number of aliphatic imine (C=N–C) groups is 1. The number of nitrogens with zero attached hydrogens (tertiary/aromatic N) is 4. The van der Waals surface area contributed by atoms with E-state index in [0.717, 1.165) is 55.5 Å². The maximum Gasteiger partial charge on any atom is 0.251 e. The van der Waals surface area contributed by atoms with Crippen molar-refractivity contribution in [2.75, 3.05) is 20.6 Å². The molecule has 3 N–H and O–H groups in total. The third-order valence-corrected chi connectivity index (χ3v) is 4.64. The summed E-state index contributed by atoms with van der Waals surface area (Å²) in [5, 5.41) is 13.9. The molecule has 1 unspecified atom stereocenters. The fourth-order valence-electron chi connectivity index (χ4n) is 3.30. The highest BCUT2D eigenvalue weighted by Gasteiger charge is 2.24. The summed E-state index contributed by atoms with van der Waals surface area (Å²) in [4.78, 5) is 20.6. The van der Waals surface area contributed by atoms with Gasteiger partial charge in [-0.2, -0.15) is 5.10 Å². The minimum atomic E-state index is -0.0704. The van der Waals surface area contributed by atoms with Gasteiger partial charge >= 0.3 is 0 Å². The van der Waals surface area contributed by atoms with Crippen molar-refractivity contribution in [2.45, 2.75) is 38.8 Å². The number of aromatic nitrogens is 3. The van der Waals surface area contributed by atoms with Gasteiger partial charge in [-0.05, 0) is 43.9 Å². The number of guanidine groups is 1. The van der Waals surface area contributed by atoms with Gasteiger partial charge in [0.2, 0.25) is 0 Å². The molecule has 2 aromatic rings. The van der Waals surface area contributed by atoms with Gasteiger partial charge in [-0.3, -0.25) is 9.79 Å². The van der Waals surface area contributed by atoms with Crippen LogP contribution in [0, 0.1) is 6.92 Å². The van der Waals surface area contributed by atoms with E-state index in [1.54, 1.807) is 14.1 Å². The van der Waals surface area contributed by atoms with Crippen molar-refractivity contribution in [1.82, 2.24) is 30.7 Å². The molecule has 0 saturated carbocycles. The van der Waals surface area contributed by atoms with Gasteiger partial charge < -0.3 is 16.0 Å². The van der Waals surface area contributed by atoms with Crippen molar-refractivity contribution in [3.8, 4) is 0 Å². The van der Waals surface area contributed by atoms with E-state index in [1.807, 2.05) is 35.9 Å². The van der Waals surface area contributed by atoms with Gasteiger partial charge in [0.25, 0.3) is 5.91 Å². The van der Waals surface area contributed by atoms with Gasteiger partial charge in [0.05, 0.1) is 6.04 Å². The number of amides is 1. The van der Waals surface area contributed by atoms with E-state index in [0.29, 0.717) is 5.56 Å². The molecular weight excluding hydrogens is 469 g/mol. The quantitative estimate of drug-likeness (QED) is 0.333. The minimum absolute atomic E-state index is 0. The number of halogens is 1. The number of carbonyl (C=O) groups excluding carboxylic acids is 1. The van der Waals surface area contributed by atoms with Gasteiger partial charge in [0.1, 0.15) is 11.6 Å². The lowest BCUT2D eigenvalue weighted by Gasteiger charge is -2.25. The van der Waals surface area contributed by atoms with Gasteiger partial charge in [0, 0.05) is 32.7 Å². The molecule has 0 spiro atoms. The lowest BCUT2D eigenvalue weighted by atomic mass is 10.1. The number of hydrogen-bond donors (Lipinski definition) is 3. The monoisotopic (exact) mass is 497 g/mol. The Labute approximate surface area is 182 Å². The summed E-state index contributed by atoms with van der Waals surface area (Å²) in [5.41, 5.74) is 1.78. The van der Waals surface area contributed by atoms with Crippen molar-refractivity contribution in [1.29, 1.82) is 0 Å². The largest absolute Gasteiger partial charge is 0.356 e. The zero-order chi connectivity index (χ0) is 19.2. The van der Waals surface area contributed by atoms with Crippen LogP contribution in [0.2, 0.25) is 0 Å². The summed E-state index contributed by atoms with van der Waals surface area (Å²) in [5.74, 6) is 2.45. The Hall–Kier alpha value is -2.17. The van der Waals surface area contributed by atoms with Gasteiger partial charge in [0.15, 0.2) is 5.96 Å². The molecule has 1 amide bonds. The predicted octanol–water partition coefficient (Wildman–Crippen LogP) is 1.81. The summed E-state index contributed by atoms with van der Waals surface area (Å²) in [6.45, 7) is 3.56. The lowest BCUT2D eigenvalue weighted by Crippen LogP contribution is -2.42. The standard InChI is InChI=1S/C19H27N7O.HI/c1-13-23-17-16(8-5-11-26(17)25-13)24-19(21-3)22-10-9-14-6-4-7-15(12-14)18(27)20-2;/h4,6-7,12,16H,5,8-11H2,1-3H3,(H,20,27)(H2,21,22,24);1H. The van der Waals surface area contributed by atoms with Gasteiger partial charge in [-0.25, -0.2) is 9.67 Å². The molecule has 1 aromatic heterocycles. The van der Waals surface area contributed by atoms with Crippen LogP contribution in [0.3, 0.4) is 0 Å². The molecule has 1 aliphatic rings. The van der Waals surface area contributed by atoms with Crippen LogP contribution in [0.15, 0.2) is 29.3 Å². The molecule has 2 heterocycles. The van der Waals surface area contributed by atoms with E-state index < -0.39 is 0 Å². The van der Waals surface area contributed by atoms with Crippen LogP contribution in [0.5, 0.6) is 0 Å². The average molecular weight is 497 g/mol. The molecular formula is C19H28IN7O. The molecule has 0 fully saturated rings. The minimum Gasteiger partial charge on any atom is -0.356 e. The summed E-state index contributed by atoms with van der Waals surface area (Å²) >= 11 is 0. The van der Waals surface area contributed by atoms with Gasteiger partial charge in [-0.15, -0.1) is 24.0 Å². The first-order valence-corrected chi connectivity index (χ1v) is 9.30. The Kier molecular flexibility index (Phi) is 8.21. The predicted molar refractivity (Wildman–Crippen MR) is 120 cm³/mol. The van der Waals surface area contributed by atoms with Gasteiger partial charge in [-0.1, -0.05) is 12.1 Å². The second-order valence-electron chi connectivity index (χ2n) is 6.61. The van der Waals surface area contributed by atoms with Crippen LogP contribution in [-0.2, 0) is 13.0 Å². The highest BCUT2D eigenvalue weighted by molar-refractivity contribution is 14.0. The molecule has 0 aliphatic carbocycles. The SMILES string of the molecule is CN=C(NCCc1cccc(C(=O)NC)c1)NC1CCCn2nc(C)nc21.I. The smallest absolute Gasteiger partial charge is 0.251 e. The number of benzene rings is 1. The molecule has 9 heteroatoms. The summed E-state index contributed by atoms with van der Waals surface area (Å²) in [7, 11) is 3.40. The third kappa shape index (κ3) is 5.43. The van der Waals surface area contributed by atoms with Crippen molar-refractivity contribution in [3.05, 3.63) is 47.0 Å². The zero-order valence-corrected chi connectivity index (χ0v) is 18.9. The fourth-order valence-corrected chi connectivity index (χ4v) is 3.30. The molecule has 1 atom stereocenters. The fraction of sp³-hybridized carbons (Fsp3) is 0.474. The summed E-state index contributed by atoms with van der Waals surface area (Å²) in [6.07, 6.45) is 2.87. The molecule has 152 valence electrons. The number of nitrogens with one attached hydrogen (secondary N) is 3. The number of rotatable bonds is 5. The van der Waals surface area contributed by atoms with Crippen LogP contribution < -0.4 is 16.0 Å². The topological polar surface area (TPSA) is 96.2 Å². The molecule has 0 saturated heterocycles. The van der Waals surface area contributed by atoms with E-state index in [-0.39, 0.29) is 35.9 Å². The Bertz CT molecular complexity index is 833. The molecule has 1 aromatic carbocycles. The maximum absolute atomic E-state index is 11.7. The zero-order valence-electron chi connectivity index (χ0n) is 16.5. The number of hydrogen-bond acceptors (Lipinski definition) is 4. The molecule has 0 bridgehead atoms. The summed E-state index contributed by atoms with van der Waals surface area (Å²) < 4.78 is 1.98. The number of fused-ring (bicyclic) bond motifs is 1. The highest BCUT2D eigenvalue weighted by Crippen LogP contribution is 2.22. The Balaban J connectivity index is 0.00000280. The molecule has 3 rings (SSSR count). The Morgan fingerprint density at radius 2 is 2.21 bits per heavy atom. The number of carbonyl (C=O) groups is 1. The van der Waals surface area contributed by atoms with Crippen molar-refractivity contribution in [3.63, 3.8) is 0 Å². The maximum atomic E-state index is 11.7. The highest BCUT2D eigenvalue weighted by atomic mass is 127. The third-order valence-electron chi connectivity index (χ3n) is 4.64. The molecule has 8 nitrogen and oxygen atoms in total. The second-order valence-corrected chi connectivity index (χ2v) is 6.61. The van der Waals surface area contributed by atoms with Crippen molar-refractivity contribution in [2.24, 2.45) is 4.99 Å². The first-order valence-electron chi connectivity index (χ1n) is 9.30. The first-order chi connectivity index (χ1) is 13.1. The average Bonchev–Trinajstić information content (AvgIpc) is 3.08. The van der Waals surface area contributed by atoms with E-state index in [2.05, 4.69) is 31.0 Å². The normalized spacial score (nSPS) is 16.0. The van der Waals surface area contributed by atoms with Crippen LogP contribution >= 0.6 is 24.0 Å². The van der Waals surface area contributed by atoms with E-state index in [9.17, 15) is 4.79 Å². The van der Waals surface area contributed by atoms with Crippen molar-refractivity contribution >= 4 is 35.8 Å². The summed E-state index contributed by atoms with van der Waals surface area (Å²) in [6, 6.07) is 7.78. The Morgan fingerprint density at radius 3 is 2.96 bits per heavy atom. The molecule has 1 aliphatic heterocycles. The van der Waals surface area contributed by atoms with Crippen LogP contribution in [-0.4, -0.2) is 47.3 Å². The Morgan fingerprint density at radius 1 is 1.39 bits per heavy atom. The second kappa shape index (κ2) is 10.4. The lowest BCUT2D eigenvalue weighted by molar-refractivity contribution is 0.0963. The first kappa shape index (κ1) is 22.1. The molecule has 0 radical (unpaired) electrons. The van der Waals surface area contributed by atoms with Crippen LogP contribution in [0.1, 0.15) is 46.5 Å². The number of aryl methyl sites for hydroxylation is 2. The van der Waals surface area contributed by atoms with Crippen LogP contribution in [0.25, 0.3) is 0 Å². The van der Waals surface area contributed by atoms with Crippen molar-refractivity contribution < 1.29 is 4.79 Å². The van der Waals surface area contributed by atoms with E-state index >= 15 is 0 Å². The van der Waals surface area contributed by atoms with Crippen LogP contribution in [0.4, 0.5) is 0 Å².